The van der Waals surface area contributed by atoms with E-state index >= 15 is 0 Å². The zero-order valence-corrected chi connectivity index (χ0v) is 24.8. The van der Waals surface area contributed by atoms with Gasteiger partial charge in [-0.05, 0) is 60.7 Å². The monoisotopic (exact) mass is 605 g/mol. The van der Waals surface area contributed by atoms with Crippen LogP contribution in [0.15, 0.2) is 94.3 Å². The predicted molar refractivity (Wildman–Crippen MR) is 159 cm³/mol. The van der Waals surface area contributed by atoms with Gasteiger partial charge in [-0.3, -0.25) is 0 Å². The molecule has 0 saturated carbocycles. The first-order valence-electron chi connectivity index (χ1n) is 12.9. The van der Waals surface area contributed by atoms with Crippen molar-refractivity contribution in [2.45, 2.75) is 37.3 Å². The Morgan fingerprint density at radius 1 is 0.923 bits per heavy atom. The van der Waals surface area contributed by atoms with Crippen LogP contribution < -0.4 is 14.2 Å². The SMILES string of the molecule is COc1cc2c(c(OCc3ccccc3)c1OC)CCN([S@](=O)c1ccc(C)cc1)[C@@H]2Cc1ccccc1Br. The Hall–Kier alpha value is -3.13. The Bertz CT molecular complexity index is 1460. The van der Waals surface area contributed by atoms with Gasteiger partial charge < -0.3 is 14.2 Å². The van der Waals surface area contributed by atoms with E-state index in [0.29, 0.717) is 43.2 Å². The van der Waals surface area contributed by atoms with Crippen molar-refractivity contribution in [2.24, 2.45) is 0 Å². The van der Waals surface area contributed by atoms with E-state index in [1.54, 1.807) is 14.2 Å². The third-order valence-electron chi connectivity index (χ3n) is 7.08. The Morgan fingerprint density at radius 2 is 1.64 bits per heavy atom. The van der Waals surface area contributed by atoms with Gasteiger partial charge in [-0.25, -0.2) is 8.51 Å². The van der Waals surface area contributed by atoms with Crippen LogP contribution in [0.25, 0.3) is 0 Å². The molecular weight excluding hydrogens is 574 g/mol. The number of methoxy groups -OCH3 is 2. The van der Waals surface area contributed by atoms with Crippen LogP contribution in [0.5, 0.6) is 17.2 Å². The molecule has 202 valence electrons. The molecule has 0 fully saturated rings. The second-order valence-electron chi connectivity index (χ2n) is 9.55. The molecule has 0 saturated heterocycles. The summed E-state index contributed by atoms with van der Waals surface area (Å²) in [6.07, 6.45) is 1.34. The molecule has 4 aromatic rings. The predicted octanol–water partition coefficient (Wildman–Crippen LogP) is 7.22. The minimum atomic E-state index is -1.35. The summed E-state index contributed by atoms with van der Waals surface area (Å²) in [4.78, 5) is 0.794. The molecule has 0 spiro atoms. The number of nitrogens with zero attached hydrogens (tertiary/aromatic N) is 1. The summed E-state index contributed by atoms with van der Waals surface area (Å²) in [6, 6.07) is 28.1. The quantitative estimate of drug-likeness (QED) is 0.202. The highest BCUT2D eigenvalue weighted by atomic mass is 79.9. The maximum Gasteiger partial charge on any atom is 0.203 e. The molecule has 39 heavy (non-hydrogen) atoms. The number of ether oxygens (including phenoxy) is 3. The van der Waals surface area contributed by atoms with Gasteiger partial charge >= 0.3 is 0 Å². The van der Waals surface area contributed by atoms with Gasteiger partial charge in [0.05, 0.1) is 25.2 Å². The first kappa shape index (κ1) is 27.4. The van der Waals surface area contributed by atoms with Crippen LogP contribution in [0.1, 0.15) is 33.9 Å². The number of aryl methyl sites for hydroxylation is 1. The van der Waals surface area contributed by atoms with E-state index in [2.05, 4.69) is 26.3 Å². The molecule has 5 rings (SSSR count). The fourth-order valence-corrected chi connectivity index (χ4v) is 6.82. The number of fused-ring (bicyclic) bond motifs is 1. The van der Waals surface area contributed by atoms with Crippen LogP contribution in [0.2, 0.25) is 0 Å². The minimum Gasteiger partial charge on any atom is -0.493 e. The molecule has 0 unspecified atom stereocenters. The van der Waals surface area contributed by atoms with Crippen molar-refractivity contribution in [1.29, 1.82) is 0 Å². The number of hydrogen-bond donors (Lipinski definition) is 0. The van der Waals surface area contributed by atoms with Crippen LogP contribution in [0, 0.1) is 6.92 Å². The standard InChI is InChI=1S/C32H32BrNO4S/c1-22-13-15-25(16-14-22)39(35)34-18-17-26-27(29(34)19-24-11-7-8-12-28(24)33)20-30(36-2)32(37-3)31(26)38-21-23-9-5-4-6-10-23/h4-16,20,29H,17-19,21H2,1-3H3/t29-,39-/m1/s1. The minimum absolute atomic E-state index is 0.173. The summed E-state index contributed by atoms with van der Waals surface area (Å²) in [7, 11) is 1.93. The molecule has 0 aromatic heterocycles. The van der Waals surface area contributed by atoms with Crippen molar-refractivity contribution in [1.82, 2.24) is 4.31 Å². The molecule has 7 heteroatoms. The van der Waals surface area contributed by atoms with Crippen molar-refractivity contribution >= 4 is 26.9 Å². The van der Waals surface area contributed by atoms with Crippen molar-refractivity contribution in [3.63, 3.8) is 0 Å². The number of rotatable bonds is 9. The van der Waals surface area contributed by atoms with Crippen molar-refractivity contribution in [3.05, 3.63) is 117 Å². The second-order valence-corrected chi connectivity index (χ2v) is 11.8. The van der Waals surface area contributed by atoms with Crippen LogP contribution in [0.4, 0.5) is 0 Å². The van der Waals surface area contributed by atoms with Gasteiger partial charge in [-0.2, -0.15) is 0 Å². The lowest BCUT2D eigenvalue weighted by atomic mass is 9.89. The highest BCUT2D eigenvalue weighted by molar-refractivity contribution is 9.10. The largest absolute Gasteiger partial charge is 0.493 e. The van der Waals surface area contributed by atoms with Gasteiger partial charge in [0, 0.05) is 16.6 Å². The number of benzene rings is 4. The van der Waals surface area contributed by atoms with Crippen LogP contribution in [-0.4, -0.2) is 29.3 Å². The number of hydrogen-bond acceptors (Lipinski definition) is 4. The summed E-state index contributed by atoms with van der Waals surface area (Å²) in [5.41, 5.74) is 5.46. The molecule has 1 heterocycles. The first-order valence-corrected chi connectivity index (χ1v) is 14.8. The Labute approximate surface area is 241 Å². The van der Waals surface area contributed by atoms with Crippen molar-refractivity contribution < 1.29 is 18.4 Å². The lowest BCUT2D eigenvalue weighted by Crippen LogP contribution is -2.38. The van der Waals surface area contributed by atoms with Gasteiger partial charge in [0.2, 0.25) is 5.75 Å². The van der Waals surface area contributed by atoms with Gasteiger partial charge in [0.15, 0.2) is 11.5 Å². The molecule has 0 amide bonds. The summed E-state index contributed by atoms with van der Waals surface area (Å²) in [5.74, 6) is 1.87. The zero-order valence-electron chi connectivity index (χ0n) is 22.4. The van der Waals surface area contributed by atoms with E-state index in [-0.39, 0.29) is 6.04 Å². The van der Waals surface area contributed by atoms with Crippen LogP contribution in [0.3, 0.4) is 0 Å². The molecule has 5 nitrogen and oxygen atoms in total. The normalized spacial score (nSPS) is 15.8. The molecule has 0 radical (unpaired) electrons. The third-order valence-corrected chi connectivity index (χ3v) is 9.40. The molecular formula is C32H32BrNO4S. The van der Waals surface area contributed by atoms with E-state index in [1.165, 1.54) is 0 Å². The average Bonchev–Trinajstić information content (AvgIpc) is 2.97. The smallest absolute Gasteiger partial charge is 0.203 e. The first-order chi connectivity index (χ1) is 19.0. The summed E-state index contributed by atoms with van der Waals surface area (Å²) in [5, 5.41) is 0. The maximum atomic E-state index is 14.0. The lowest BCUT2D eigenvalue weighted by Gasteiger charge is -2.37. The molecule has 1 aliphatic heterocycles. The van der Waals surface area contributed by atoms with Crippen molar-refractivity contribution in [3.8, 4) is 17.2 Å². The average molecular weight is 607 g/mol. The molecule has 0 bridgehead atoms. The molecule has 1 aliphatic rings. The summed E-state index contributed by atoms with van der Waals surface area (Å²) in [6.45, 7) is 3.06. The lowest BCUT2D eigenvalue weighted by molar-refractivity contribution is 0.260. The second kappa shape index (κ2) is 12.4. The summed E-state index contributed by atoms with van der Waals surface area (Å²) >= 11 is 3.73. The van der Waals surface area contributed by atoms with Crippen LogP contribution in [-0.2, 0) is 30.4 Å². The highest BCUT2D eigenvalue weighted by Crippen LogP contribution is 2.48. The van der Waals surface area contributed by atoms with Gasteiger partial charge in [0.1, 0.15) is 17.6 Å². The van der Waals surface area contributed by atoms with E-state index < -0.39 is 11.0 Å². The number of halogens is 1. The molecule has 2 atom stereocenters. The van der Waals surface area contributed by atoms with E-state index in [0.717, 1.165) is 37.2 Å². The molecule has 0 aliphatic carbocycles. The Kier molecular flexibility index (Phi) is 8.70. The van der Waals surface area contributed by atoms with E-state index in [1.807, 2.05) is 85.8 Å². The highest BCUT2D eigenvalue weighted by Gasteiger charge is 2.36. The van der Waals surface area contributed by atoms with Crippen LogP contribution >= 0.6 is 15.9 Å². The van der Waals surface area contributed by atoms with Gasteiger partial charge in [-0.1, -0.05) is 82.2 Å². The zero-order chi connectivity index (χ0) is 27.4. The summed E-state index contributed by atoms with van der Waals surface area (Å²) < 4.78 is 35.2. The molecule has 4 aromatic carbocycles. The maximum absolute atomic E-state index is 14.0. The van der Waals surface area contributed by atoms with E-state index in [9.17, 15) is 4.21 Å². The van der Waals surface area contributed by atoms with Gasteiger partial charge in [0.25, 0.3) is 0 Å². The Balaban J connectivity index is 1.61. The van der Waals surface area contributed by atoms with E-state index in [4.69, 9.17) is 14.2 Å². The van der Waals surface area contributed by atoms with Gasteiger partial charge in [-0.15, -0.1) is 0 Å². The van der Waals surface area contributed by atoms with Crippen molar-refractivity contribution in [2.75, 3.05) is 20.8 Å². The fourth-order valence-electron chi connectivity index (χ4n) is 5.06. The third kappa shape index (κ3) is 5.91. The Morgan fingerprint density at radius 3 is 2.33 bits per heavy atom. The fraction of sp³-hybridized carbons (Fsp3) is 0.250. The topological polar surface area (TPSA) is 48.0 Å². The molecule has 0 N–H and O–H groups in total.